The van der Waals surface area contributed by atoms with Crippen LogP contribution in [0.5, 0.6) is 0 Å². The van der Waals surface area contributed by atoms with Gasteiger partial charge in [-0.3, -0.25) is 4.79 Å². The van der Waals surface area contributed by atoms with Crippen LogP contribution in [0.4, 0.5) is 4.39 Å². The van der Waals surface area contributed by atoms with Gasteiger partial charge >= 0.3 is 0 Å². The molecule has 0 aliphatic heterocycles. The lowest BCUT2D eigenvalue weighted by Crippen LogP contribution is -2.43. The molecular weight excluding hydrogens is 315 g/mol. The molecular formula is C18H22ClFN2O. The van der Waals surface area contributed by atoms with Gasteiger partial charge in [-0.25, -0.2) is 4.39 Å². The second-order valence-electron chi connectivity index (χ2n) is 5.43. The number of hydrogen-bond donors (Lipinski definition) is 1. The molecule has 2 rings (SSSR count). The van der Waals surface area contributed by atoms with E-state index in [0.29, 0.717) is 19.4 Å². The zero-order valence-corrected chi connectivity index (χ0v) is 13.9. The zero-order valence-electron chi connectivity index (χ0n) is 13.1. The van der Waals surface area contributed by atoms with Crippen molar-refractivity contribution in [3.63, 3.8) is 0 Å². The van der Waals surface area contributed by atoms with E-state index in [9.17, 15) is 9.18 Å². The number of amides is 1. The minimum atomic E-state index is -0.541. The lowest BCUT2D eigenvalue weighted by molar-refractivity contribution is -0.131. The number of nitrogens with zero attached hydrogens (tertiary/aromatic N) is 1. The van der Waals surface area contributed by atoms with Gasteiger partial charge in [-0.15, -0.1) is 12.4 Å². The van der Waals surface area contributed by atoms with Crippen LogP contribution in [0.3, 0.4) is 0 Å². The molecule has 124 valence electrons. The van der Waals surface area contributed by atoms with Gasteiger partial charge < -0.3 is 10.6 Å². The Morgan fingerprint density at radius 2 is 1.70 bits per heavy atom. The Hall–Kier alpha value is -1.91. The molecule has 2 aromatic rings. The first-order valence-electron chi connectivity index (χ1n) is 7.35. The first-order valence-corrected chi connectivity index (χ1v) is 7.35. The summed E-state index contributed by atoms with van der Waals surface area (Å²) in [5, 5.41) is 0. The Kier molecular flexibility index (Phi) is 7.72. The third kappa shape index (κ3) is 6.00. The van der Waals surface area contributed by atoms with Crippen molar-refractivity contribution < 1.29 is 9.18 Å². The molecule has 23 heavy (non-hydrogen) atoms. The molecule has 2 N–H and O–H groups in total. The van der Waals surface area contributed by atoms with Crippen molar-refractivity contribution in [2.24, 2.45) is 5.73 Å². The van der Waals surface area contributed by atoms with Crippen molar-refractivity contribution in [1.82, 2.24) is 4.90 Å². The summed E-state index contributed by atoms with van der Waals surface area (Å²) in [7, 11) is 1.75. The van der Waals surface area contributed by atoms with Crippen molar-refractivity contribution in [3.05, 3.63) is 71.5 Å². The lowest BCUT2D eigenvalue weighted by Gasteiger charge is -2.21. The Balaban J connectivity index is 0.00000264. The van der Waals surface area contributed by atoms with Crippen molar-refractivity contribution in [1.29, 1.82) is 0 Å². The normalized spacial score (nSPS) is 11.4. The fourth-order valence-electron chi connectivity index (χ4n) is 2.30. The summed E-state index contributed by atoms with van der Waals surface area (Å²) in [5.74, 6) is -0.330. The molecule has 3 nitrogen and oxygen atoms in total. The van der Waals surface area contributed by atoms with E-state index < -0.39 is 6.04 Å². The zero-order chi connectivity index (χ0) is 15.9. The van der Waals surface area contributed by atoms with Crippen LogP contribution in [-0.2, 0) is 17.6 Å². The van der Waals surface area contributed by atoms with Crippen LogP contribution in [0.2, 0.25) is 0 Å². The fraction of sp³-hybridized carbons (Fsp3) is 0.278. The largest absolute Gasteiger partial charge is 0.344 e. The molecule has 0 unspecified atom stereocenters. The second kappa shape index (κ2) is 9.28. The van der Waals surface area contributed by atoms with Crippen molar-refractivity contribution in [3.8, 4) is 0 Å². The predicted octanol–water partition coefficient (Wildman–Crippen LogP) is 2.82. The molecule has 1 atom stereocenters. The van der Waals surface area contributed by atoms with Crippen LogP contribution >= 0.6 is 12.4 Å². The van der Waals surface area contributed by atoms with E-state index in [-0.39, 0.29) is 24.1 Å². The molecule has 0 aliphatic rings. The molecule has 0 fully saturated rings. The summed E-state index contributed by atoms with van der Waals surface area (Å²) in [4.78, 5) is 13.9. The second-order valence-corrected chi connectivity index (χ2v) is 5.43. The monoisotopic (exact) mass is 336 g/mol. The van der Waals surface area contributed by atoms with Crippen LogP contribution in [-0.4, -0.2) is 30.4 Å². The number of carbonyl (C=O) groups is 1. The van der Waals surface area contributed by atoms with E-state index in [4.69, 9.17) is 5.73 Å². The summed E-state index contributed by atoms with van der Waals surface area (Å²) in [6.45, 7) is 0.562. The van der Waals surface area contributed by atoms with E-state index in [1.807, 2.05) is 30.3 Å². The molecule has 1 amide bonds. The summed E-state index contributed by atoms with van der Waals surface area (Å²) >= 11 is 0. The van der Waals surface area contributed by atoms with E-state index in [1.165, 1.54) is 12.1 Å². The number of hydrogen-bond acceptors (Lipinski definition) is 2. The van der Waals surface area contributed by atoms with Gasteiger partial charge in [0.25, 0.3) is 0 Å². The summed E-state index contributed by atoms with van der Waals surface area (Å²) in [6.07, 6.45) is 1.21. The molecule has 5 heteroatoms. The third-order valence-electron chi connectivity index (χ3n) is 3.64. The Labute approximate surface area is 142 Å². The maximum absolute atomic E-state index is 12.8. The van der Waals surface area contributed by atoms with Crippen LogP contribution in [0, 0.1) is 5.82 Å². The van der Waals surface area contributed by atoms with Gasteiger partial charge in [-0.2, -0.15) is 0 Å². The number of halogens is 2. The van der Waals surface area contributed by atoms with Crippen LogP contribution in [0.1, 0.15) is 11.1 Å². The minimum Gasteiger partial charge on any atom is -0.344 e. The van der Waals surface area contributed by atoms with E-state index >= 15 is 0 Å². The molecule has 0 aromatic heterocycles. The molecule has 0 spiro atoms. The number of benzene rings is 2. The lowest BCUT2D eigenvalue weighted by atomic mass is 10.1. The standard InChI is InChI=1S/C18H21FN2O.ClH/c1-21(12-11-14-7-9-16(19)10-8-14)18(22)17(20)13-15-5-3-2-4-6-15;/h2-10,17H,11-13,20H2,1H3;1H/t17-;/m0./s1. The maximum Gasteiger partial charge on any atom is 0.239 e. The first-order chi connectivity index (χ1) is 10.6. The summed E-state index contributed by atoms with van der Waals surface area (Å²) in [5.41, 5.74) is 8.05. The third-order valence-corrected chi connectivity index (χ3v) is 3.64. The van der Waals surface area contributed by atoms with Crippen LogP contribution in [0.25, 0.3) is 0 Å². The SMILES string of the molecule is CN(CCc1ccc(F)cc1)C(=O)[C@@H](N)Cc1ccccc1.Cl. The maximum atomic E-state index is 12.8. The number of carbonyl (C=O) groups excluding carboxylic acids is 1. The van der Waals surface area contributed by atoms with Crippen molar-refractivity contribution in [2.75, 3.05) is 13.6 Å². The molecule has 0 aliphatic carbocycles. The first kappa shape index (κ1) is 19.1. The topological polar surface area (TPSA) is 46.3 Å². The van der Waals surface area contributed by atoms with Gasteiger partial charge in [-0.05, 0) is 36.1 Å². The highest BCUT2D eigenvalue weighted by Crippen LogP contribution is 2.06. The van der Waals surface area contributed by atoms with Crippen LogP contribution < -0.4 is 5.73 Å². The molecule has 2 aromatic carbocycles. The molecule has 0 saturated carbocycles. The Morgan fingerprint density at radius 1 is 1.09 bits per heavy atom. The Bertz CT molecular complexity index is 604. The smallest absolute Gasteiger partial charge is 0.239 e. The van der Waals surface area contributed by atoms with Gasteiger partial charge in [0.05, 0.1) is 6.04 Å². The highest BCUT2D eigenvalue weighted by Gasteiger charge is 2.18. The Morgan fingerprint density at radius 3 is 2.30 bits per heavy atom. The molecule has 0 heterocycles. The highest BCUT2D eigenvalue weighted by atomic mass is 35.5. The summed E-state index contributed by atoms with van der Waals surface area (Å²) in [6, 6.07) is 15.5. The van der Waals surface area contributed by atoms with E-state index in [2.05, 4.69) is 0 Å². The van der Waals surface area contributed by atoms with Gasteiger partial charge in [0.2, 0.25) is 5.91 Å². The quantitative estimate of drug-likeness (QED) is 0.881. The molecule has 0 bridgehead atoms. The predicted molar refractivity (Wildman–Crippen MR) is 93.1 cm³/mol. The van der Waals surface area contributed by atoms with Gasteiger partial charge in [0.1, 0.15) is 5.82 Å². The number of nitrogens with two attached hydrogens (primary N) is 1. The number of rotatable bonds is 6. The van der Waals surface area contributed by atoms with Gasteiger partial charge in [0.15, 0.2) is 0 Å². The van der Waals surface area contributed by atoms with Gasteiger partial charge in [0, 0.05) is 13.6 Å². The molecule has 0 saturated heterocycles. The fourth-order valence-corrected chi connectivity index (χ4v) is 2.30. The van der Waals surface area contributed by atoms with E-state index in [0.717, 1.165) is 11.1 Å². The van der Waals surface area contributed by atoms with E-state index in [1.54, 1.807) is 24.1 Å². The summed E-state index contributed by atoms with van der Waals surface area (Å²) < 4.78 is 12.8. The van der Waals surface area contributed by atoms with Crippen molar-refractivity contribution >= 4 is 18.3 Å². The average molecular weight is 337 g/mol. The average Bonchev–Trinajstić information content (AvgIpc) is 2.54. The van der Waals surface area contributed by atoms with Gasteiger partial charge in [-0.1, -0.05) is 42.5 Å². The highest BCUT2D eigenvalue weighted by molar-refractivity contribution is 5.85. The number of likely N-dealkylation sites (N-methyl/N-ethyl adjacent to an activating group) is 1. The van der Waals surface area contributed by atoms with Crippen molar-refractivity contribution in [2.45, 2.75) is 18.9 Å². The molecule has 0 radical (unpaired) electrons. The minimum absolute atomic E-state index is 0. The van der Waals surface area contributed by atoms with Crippen LogP contribution in [0.15, 0.2) is 54.6 Å².